The van der Waals surface area contributed by atoms with Crippen LogP contribution in [-0.4, -0.2) is 17.0 Å². The molecule has 1 N–H and O–H groups in total. The lowest BCUT2D eigenvalue weighted by atomic mass is 9.78. The third-order valence-corrected chi connectivity index (χ3v) is 5.83. The number of ether oxygens (including phenoxy) is 1. The number of carbonyl (C=O) groups excluding carboxylic acids is 1. The van der Waals surface area contributed by atoms with Crippen LogP contribution in [0.25, 0.3) is 6.08 Å². The van der Waals surface area contributed by atoms with Crippen LogP contribution in [0.3, 0.4) is 0 Å². The van der Waals surface area contributed by atoms with E-state index in [1.807, 2.05) is 65.8 Å². The Kier molecular flexibility index (Phi) is 6.09. The summed E-state index contributed by atoms with van der Waals surface area (Å²) in [6.07, 6.45) is 1.70. The van der Waals surface area contributed by atoms with Crippen molar-refractivity contribution in [2.45, 2.75) is 52.4 Å². The second-order valence-electron chi connectivity index (χ2n) is 9.42. The third kappa shape index (κ3) is 4.72. The maximum atomic E-state index is 12.5. The van der Waals surface area contributed by atoms with Gasteiger partial charge in [-0.15, -0.1) is 0 Å². The summed E-state index contributed by atoms with van der Waals surface area (Å²) in [5.74, 6) is -0.0377. The summed E-state index contributed by atoms with van der Waals surface area (Å²) in [6.45, 7) is 12.3. The van der Waals surface area contributed by atoms with Gasteiger partial charge in [0.2, 0.25) is 5.90 Å². The molecule has 1 heterocycles. The van der Waals surface area contributed by atoms with Gasteiger partial charge >= 0.3 is 5.97 Å². The minimum absolute atomic E-state index is 0.195. The van der Waals surface area contributed by atoms with Crippen LogP contribution in [0, 0.1) is 3.57 Å². The predicted molar refractivity (Wildman–Crippen MR) is 130 cm³/mol. The SMILES string of the molecule is CC(C)(C)c1cc(/C=C2\N=C(c3cc(I)ccc3Cl)OC2=O)cc(C(C)(C)C)c1O. The molecule has 0 spiro atoms. The van der Waals surface area contributed by atoms with Crippen molar-refractivity contribution >= 4 is 52.1 Å². The number of cyclic esters (lactones) is 1. The standard InChI is InChI=1S/C24H25ClINO3/c1-23(2,3)16-9-13(10-17(20(16)28)24(4,5)6)11-19-22(29)30-21(27-19)15-12-14(26)7-8-18(15)25/h7-12,28H,1-6H3/b19-11-. The Morgan fingerprint density at radius 2 is 1.60 bits per heavy atom. The van der Waals surface area contributed by atoms with Crippen LogP contribution in [-0.2, 0) is 20.4 Å². The number of aromatic hydroxyl groups is 1. The zero-order valence-electron chi connectivity index (χ0n) is 17.9. The first kappa shape index (κ1) is 22.8. The van der Waals surface area contributed by atoms with Crippen molar-refractivity contribution in [2.24, 2.45) is 4.99 Å². The van der Waals surface area contributed by atoms with Gasteiger partial charge in [0, 0.05) is 14.7 Å². The molecular weight excluding hydrogens is 513 g/mol. The fraction of sp³-hybridized carbons (Fsp3) is 0.333. The minimum atomic E-state index is -0.525. The van der Waals surface area contributed by atoms with Crippen LogP contribution in [0.1, 0.15) is 63.8 Å². The van der Waals surface area contributed by atoms with Crippen molar-refractivity contribution in [3.8, 4) is 5.75 Å². The first-order valence-electron chi connectivity index (χ1n) is 9.63. The number of carbonyl (C=O) groups is 1. The maximum absolute atomic E-state index is 12.5. The number of nitrogens with zero attached hydrogens (tertiary/aromatic N) is 1. The molecule has 0 radical (unpaired) electrons. The Morgan fingerprint density at radius 3 is 2.13 bits per heavy atom. The first-order chi connectivity index (χ1) is 13.8. The van der Waals surface area contributed by atoms with E-state index in [2.05, 4.69) is 27.6 Å². The Bertz CT molecular complexity index is 1050. The fourth-order valence-electron chi connectivity index (χ4n) is 3.23. The summed E-state index contributed by atoms with van der Waals surface area (Å²) in [5.41, 5.74) is 2.67. The Labute approximate surface area is 196 Å². The molecule has 1 aliphatic heterocycles. The lowest BCUT2D eigenvalue weighted by molar-refractivity contribution is -0.129. The highest BCUT2D eigenvalue weighted by Crippen LogP contribution is 2.40. The summed E-state index contributed by atoms with van der Waals surface area (Å²) in [6, 6.07) is 9.25. The summed E-state index contributed by atoms with van der Waals surface area (Å²) in [5, 5.41) is 11.4. The monoisotopic (exact) mass is 537 g/mol. The molecule has 0 aromatic heterocycles. The lowest BCUT2D eigenvalue weighted by Crippen LogP contribution is -2.17. The second-order valence-corrected chi connectivity index (χ2v) is 11.1. The van der Waals surface area contributed by atoms with Crippen LogP contribution < -0.4 is 0 Å². The number of hydrogen-bond acceptors (Lipinski definition) is 4. The van der Waals surface area contributed by atoms with Gasteiger partial charge < -0.3 is 9.84 Å². The molecule has 0 aliphatic carbocycles. The Morgan fingerprint density at radius 1 is 1.03 bits per heavy atom. The number of benzene rings is 2. The van der Waals surface area contributed by atoms with Crippen molar-refractivity contribution in [1.82, 2.24) is 0 Å². The van der Waals surface area contributed by atoms with E-state index in [0.717, 1.165) is 20.3 Å². The third-order valence-electron chi connectivity index (χ3n) is 4.83. The number of rotatable bonds is 2. The zero-order valence-corrected chi connectivity index (χ0v) is 20.8. The van der Waals surface area contributed by atoms with E-state index in [9.17, 15) is 9.90 Å². The summed E-state index contributed by atoms with van der Waals surface area (Å²) >= 11 is 8.44. The van der Waals surface area contributed by atoms with E-state index in [4.69, 9.17) is 16.3 Å². The van der Waals surface area contributed by atoms with Crippen LogP contribution in [0.4, 0.5) is 0 Å². The smallest absolute Gasteiger partial charge is 0.363 e. The maximum Gasteiger partial charge on any atom is 0.363 e. The van der Waals surface area contributed by atoms with Crippen molar-refractivity contribution < 1.29 is 14.6 Å². The number of phenols is 1. The molecule has 30 heavy (non-hydrogen) atoms. The Hall–Kier alpha value is -1.86. The summed E-state index contributed by atoms with van der Waals surface area (Å²) in [4.78, 5) is 16.9. The van der Waals surface area contributed by atoms with Crippen LogP contribution in [0.5, 0.6) is 5.75 Å². The van der Waals surface area contributed by atoms with E-state index in [-0.39, 0.29) is 22.4 Å². The molecule has 4 nitrogen and oxygen atoms in total. The van der Waals surface area contributed by atoms with Crippen LogP contribution in [0.2, 0.25) is 5.02 Å². The average Bonchev–Trinajstić information content (AvgIpc) is 2.97. The highest BCUT2D eigenvalue weighted by Gasteiger charge is 2.28. The molecule has 0 unspecified atom stereocenters. The average molecular weight is 538 g/mol. The van der Waals surface area contributed by atoms with E-state index in [1.54, 1.807) is 12.1 Å². The van der Waals surface area contributed by atoms with Gasteiger partial charge in [-0.25, -0.2) is 9.79 Å². The van der Waals surface area contributed by atoms with E-state index < -0.39 is 5.97 Å². The fourth-order valence-corrected chi connectivity index (χ4v) is 3.92. The van der Waals surface area contributed by atoms with Gasteiger partial charge in [-0.1, -0.05) is 53.1 Å². The molecule has 0 atom stereocenters. The number of phenolic OH excluding ortho intramolecular Hbond substituents is 1. The Balaban J connectivity index is 2.13. The molecular formula is C24H25ClINO3. The molecule has 6 heteroatoms. The molecule has 1 aliphatic rings. The summed E-state index contributed by atoms with van der Waals surface area (Å²) < 4.78 is 6.36. The first-order valence-corrected chi connectivity index (χ1v) is 11.1. The minimum Gasteiger partial charge on any atom is -0.507 e. The van der Waals surface area contributed by atoms with Gasteiger partial charge in [-0.05, 0) is 75.4 Å². The molecule has 2 aromatic carbocycles. The molecule has 0 saturated carbocycles. The number of esters is 1. The molecule has 0 saturated heterocycles. The van der Waals surface area contributed by atoms with Gasteiger partial charge in [0.25, 0.3) is 0 Å². The number of hydrogen-bond donors (Lipinski definition) is 1. The number of aliphatic imine (C=N–C) groups is 1. The predicted octanol–water partition coefficient (Wildman–Crippen LogP) is 6.59. The molecule has 2 aromatic rings. The van der Waals surface area contributed by atoms with E-state index >= 15 is 0 Å². The normalized spacial score (nSPS) is 16.1. The molecule has 0 bridgehead atoms. The summed E-state index contributed by atoms with van der Waals surface area (Å²) in [7, 11) is 0. The highest BCUT2D eigenvalue weighted by atomic mass is 127. The van der Waals surface area contributed by atoms with Gasteiger partial charge in [0.1, 0.15) is 5.75 Å². The topological polar surface area (TPSA) is 58.9 Å². The van der Waals surface area contributed by atoms with E-state index in [1.165, 1.54) is 0 Å². The van der Waals surface area contributed by atoms with Crippen molar-refractivity contribution in [2.75, 3.05) is 0 Å². The zero-order chi connectivity index (χ0) is 22.4. The van der Waals surface area contributed by atoms with E-state index in [0.29, 0.717) is 16.3 Å². The quantitative estimate of drug-likeness (QED) is 0.267. The van der Waals surface area contributed by atoms with Crippen LogP contribution in [0.15, 0.2) is 41.0 Å². The highest BCUT2D eigenvalue weighted by molar-refractivity contribution is 14.1. The largest absolute Gasteiger partial charge is 0.507 e. The molecule has 3 rings (SSSR count). The van der Waals surface area contributed by atoms with Gasteiger partial charge in [0.05, 0.1) is 10.6 Å². The van der Waals surface area contributed by atoms with Crippen LogP contribution >= 0.6 is 34.2 Å². The van der Waals surface area contributed by atoms with Crippen molar-refractivity contribution in [3.05, 3.63) is 66.9 Å². The molecule has 158 valence electrons. The van der Waals surface area contributed by atoms with Gasteiger partial charge in [-0.3, -0.25) is 0 Å². The number of halogens is 2. The van der Waals surface area contributed by atoms with Gasteiger partial charge in [0.15, 0.2) is 5.70 Å². The van der Waals surface area contributed by atoms with Gasteiger partial charge in [-0.2, -0.15) is 0 Å². The van der Waals surface area contributed by atoms with Crippen molar-refractivity contribution in [1.29, 1.82) is 0 Å². The molecule has 0 amide bonds. The lowest BCUT2D eigenvalue weighted by Gasteiger charge is -2.27. The second kappa shape index (κ2) is 8.00. The molecule has 0 fully saturated rings. The van der Waals surface area contributed by atoms with Crippen molar-refractivity contribution in [3.63, 3.8) is 0 Å².